The number of carbonyl (C=O) groups is 1. The van der Waals surface area contributed by atoms with Crippen molar-refractivity contribution in [3.63, 3.8) is 0 Å². The molecule has 0 unspecified atom stereocenters. The lowest BCUT2D eigenvalue weighted by Crippen LogP contribution is -2.25. The van der Waals surface area contributed by atoms with Gasteiger partial charge in [-0.1, -0.05) is 42.1 Å². The molecule has 104 valence electrons. The molecule has 2 rings (SSSR count). The molecule has 1 aromatic heterocycles. The zero-order valence-electron chi connectivity index (χ0n) is 10.3. The van der Waals surface area contributed by atoms with E-state index in [2.05, 4.69) is 10.2 Å². The number of hydrogen-bond acceptors (Lipinski definition) is 6. The maximum absolute atomic E-state index is 11.5. The molecule has 0 atom stereocenters. The number of aromatic nitrogens is 3. The molecule has 0 radical (unpaired) electrons. The minimum atomic E-state index is -0.689. The van der Waals surface area contributed by atoms with E-state index in [1.54, 1.807) is 0 Å². The van der Waals surface area contributed by atoms with Gasteiger partial charge in [0.05, 0.1) is 5.75 Å². The number of benzene rings is 1. The molecular formula is C12H11N3O4S. The summed E-state index contributed by atoms with van der Waals surface area (Å²) in [6, 6.07) is 9.25. The third kappa shape index (κ3) is 4.09. The summed E-state index contributed by atoms with van der Waals surface area (Å²) in [5.74, 6) is -0.527. The Morgan fingerprint density at radius 1 is 1.25 bits per heavy atom. The summed E-state index contributed by atoms with van der Waals surface area (Å²) >= 11 is 0.899. The number of esters is 1. The first-order valence-electron chi connectivity index (χ1n) is 5.66. The topological polar surface area (TPSA) is 105 Å². The van der Waals surface area contributed by atoms with Crippen LogP contribution in [0.1, 0.15) is 5.56 Å². The van der Waals surface area contributed by atoms with E-state index in [-0.39, 0.29) is 17.4 Å². The molecule has 0 aliphatic rings. The number of ether oxygens (including phenoxy) is 1. The maximum atomic E-state index is 11.5. The van der Waals surface area contributed by atoms with Gasteiger partial charge in [-0.2, -0.15) is 5.10 Å². The molecule has 2 N–H and O–H groups in total. The summed E-state index contributed by atoms with van der Waals surface area (Å²) in [6.07, 6.45) is 0. The Bertz CT molecular complexity index is 696. The molecule has 0 saturated heterocycles. The maximum Gasteiger partial charge on any atom is 0.342 e. The van der Waals surface area contributed by atoms with Gasteiger partial charge in [-0.25, -0.2) is 9.89 Å². The van der Waals surface area contributed by atoms with Crippen LogP contribution in [0.5, 0.6) is 0 Å². The van der Waals surface area contributed by atoms with Crippen LogP contribution in [-0.4, -0.2) is 26.9 Å². The molecule has 7 nitrogen and oxygen atoms in total. The van der Waals surface area contributed by atoms with Crippen LogP contribution in [0.2, 0.25) is 0 Å². The molecule has 0 aliphatic heterocycles. The Hall–Kier alpha value is -2.35. The lowest BCUT2D eigenvalue weighted by Gasteiger charge is -2.04. The second-order valence-electron chi connectivity index (χ2n) is 3.75. The van der Waals surface area contributed by atoms with Crippen molar-refractivity contribution in [1.82, 2.24) is 15.2 Å². The van der Waals surface area contributed by atoms with E-state index in [9.17, 15) is 14.4 Å². The second-order valence-corrected chi connectivity index (χ2v) is 4.71. The van der Waals surface area contributed by atoms with E-state index >= 15 is 0 Å². The molecule has 2 aromatic rings. The quantitative estimate of drug-likeness (QED) is 0.606. The molecule has 1 heterocycles. The van der Waals surface area contributed by atoms with Gasteiger partial charge in [0.1, 0.15) is 6.61 Å². The number of carbonyl (C=O) groups excluding carboxylic acids is 1. The van der Waals surface area contributed by atoms with Gasteiger partial charge in [-0.05, 0) is 5.56 Å². The Balaban J connectivity index is 1.83. The SMILES string of the molecule is O=C(CSc1n[nH]c(=O)[nH]c1=O)OCc1ccccc1. The summed E-state index contributed by atoms with van der Waals surface area (Å²) in [5, 5.41) is 5.65. The predicted molar refractivity (Wildman–Crippen MR) is 72.4 cm³/mol. The van der Waals surface area contributed by atoms with Gasteiger partial charge in [0.15, 0.2) is 5.03 Å². The van der Waals surface area contributed by atoms with Crippen LogP contribution in [0.15, 0.2) is 44.9 Å². The highest BCUT2D eigenvalue weighted by molar-refractivity contribution is 7.99. The van der Waals surface area contributed by atoms with Crippen molar-refractivity contribution >= 4 is 17.7 Å². The number of nitrogens with zero attached hydrogens (tertiary/aromatic N) is 1. The molecule has 0 amide bonds. The summed E-state index contributed by atoms with van der Waals surface area (Å²) in [6.45, 7) is 0.176. The molecule has 0 spiro atoms. The van der Waals surface area contributed by atoms with Crippen LogP contribution in [-0.2, 0) is 16.1 Å². The number of rotatable bonds is 5. The van der Waals surface area contributed by atoms with Gasteiger partial charge < -0.3 is 4.74 Å². The van der Waals surface area contributed by atoms with Crippen molar-refractivity contribution in [3.8, 4) is 0 Å². The predicted octanol–water partition coefficient (Wildman–Crippen LogP) is 0.294. The van der Waals surface area contributed by atoms with Crippen molar-refractivity contribution in [3.05, 3.63) is 56.7 Å². The highest BCUT2D eigenvalue weighted by atomic mass is 32.2. The minimum absolute atomic E-state index is 0.0151. The van der Waals surface area contributed by atoms with Crippen molar-refractivity contribution in [2.45, 2.75) is 11.6 Å². The van der Waals surface area contributed by atoms with Crippen molar-refractivity contribution in [2.24, 2.45) is 0 Å². The lowest BCUT2D eigenvalue weighted by molar-refractivity contribution is -0.141. The van der Waals surface area contributed by atoms with Gasteiger partial charge in [0.2, 0.25) is 0 Å². The largest absolute Gasteiger partial charge is 0.460 e. The molecule has 0 fully saturated rings. The fourth-order valence-corrected chi connectivity index (χ4v) is 1.97. The van der Waals surface area contributed by atoms with Gasteiger partial charge in [-0.3, -0.25) is 14.6 Å². The zero-order chi connectivity index (χ0) is 14.4. The van der Waals surface area contributed by atoms with Gasteiger partial charge >= 0.3 is 11.7 Å². The first-order chi connectivity index (χ1) is 9.65. The van der Waals surface area contributed by atoms with E-state index < -0.39 is 17.2 Å². The minimum Gasteiger partial charge on any atom is -0.460 e. The van der Waals surface area contributed by atoms with E-state index in [0.717, 1.165) is 17.3 Å². The summed E-state index contributed by atoms with van der Waals surface area (Å²) in [4.78, 5) is 35.6. The van der Waals surface area contributed by atoms with E-state index in [0.29, 0.717) is 0 Å². The third-order valence-corrected chi connectivity index (χ3v) is 3.18. The smallest absolute Gasteiger partial charge is 0.342 e. The van der Waals surface area contributed by atoms with Crippen molar-refractivity contribution in [1.29, 1.82) is 0 Å². The normalized spacial score (nSPS) is 10.2. The molecule has 0 aliphatic carbocycles. The standard InChI is InChI=1S/C12H11N3O4S/c16-9(19-6-8-4-2-1-3-5-8)7-20-11-10(17)13-12(18)15-14-11/h1-5H,6-7H2,(H2,13,15,17,18). The number of nitrogens with one attached hydrogen (secondary N) is 2. The average Bonchev–Trinajstić information content (AvgIpc) is 2.45. The molecule has 1 aromatic carbocycles. The monoisotopic (exact) mass is 293 g/mol. The fraction of sp³-hybridized carbons (Fsp3) is 0.167. The zero-order valence-corrected chi connectivity index (χ0v) is 11.1. The number of aromatic amines is 2. The fourth-order valence-electron chi connectivity index (χ4n) is 1.34. The highest BCUT2D eigenvalue weighted by Crippen LogP contribution is 2.09. The third-order valence-electron chi connectivity index (χ3n) is 2.25. The Morgan fingerprint density at radius 2 is 2.00 bits per heavy atom. The summed E-state index contributed by atoms with van der Waals surface area (Å²) < 4.78 is 5.04. The van der Waals surface area contributed by atoms with Crippen molar-refractivity contribution in [2.75, 3.05) is 5.75 Å². The Kier molecular flexibility index (Phi) is 4.72. The van der Waals surface area contributed by atoms with E-state index in [4.69, 9.17) is 4.74 Å². The lowest BCUT2D eigenvalue weighted by atomic mass is 10.2. The van der Waals surface area contributed by atoms with Gasteiger partial charge in [0, 0.05) is 0 Å². The number of H-pyrrole nitrogens is 2. The van der Waals surface area contributed by atoms with Crippen LogP contribution in [0.25, 0.3) is 0 Å². The first kappa shape index (κ1) is 14.1. The molecular weight excluding hydrogens is 282 g/mol. The molecule has 20 heavy (non-hydrogen) atoms. The second kappa shape index (κ2) is 6.71. The van der Waals surface area contributed by atoms with Crippen LogP contribution in [0.4, 0.5) is 0 Å². The average molecular weight is 293 g/mol. The molecule has 8 heteroatoms. The van der Waals surface area contributed by atoms with Crippen molar-refractivity contribution < 1.29 is 9.53 Å². The molecule has 0 bridgehead atoms. The van der Waals surface area contributed by atoms with Crippen LogP contribution in [0.3, 0.4) is 0 Å². The Morgan fingerprint density at radius 3 is 2.70 bits per heavy atom. The summed E-state index contributed by atoms with van der Waals surface area (Å²) in [5.41, 5.74) is -0.438. The van der Waals surface area contributed by atoms with Crippen LogP contribution in [0, 0.1) is 0 Å². The van der Waals surface area contributed by atoms with Gasteiger partial charge in [-0.15, -0.1) is 0 Å². The highest BCUT2D eigenvalue weighted by Gasteiger charge is 2.08. The number of hydrogen-bond donors (Lipinski definition) is 2. The van der Waals surface area contributed by atoms with Crippen LogP contribution < -0.4 is 11.2 Å². The van der Waals surface area contributed by atoms with Gasteiger partial charge in [0.25, 0.3) is 5.56 Å². The summed E-state index contributed by atoms with van der Waals surface area (Å²) in [7, 11) is 0. The molecule has 0 saturated carbocycles. The van der Waals surface area contributed by atoms with E-state index in [1.807, 2.05) is 35.3 Å². The van der Waals surface area contributed by atoms with Crippen LogP contribution >= 0.6 is 11.8 Å². The first-order valence-corrected chi connectivity index (χ1v) is 6.65. The van der Waals surface area contributed by atoms with E-state index in [1.165, 1.54) is 0 Å². The Labute approximate surface area is 117 Å². The number of thioether (sulfide) groups is 1.